The van der Waals surface area contributed by atoms with Crippen LogP contribution in [0.1, 0.15) is 59.8 Å². The van der Waals surface area contributed by atoms with Gasteiger partial charge in [-0.05, 0) is 36.5 Å². The molecule has 11 heavy (non-hydrogen) atoms. The van der Waals surface area contributed by atoms with E-state index in [1.165, 1.54) is 32.1 Å². The second kappa shape index (κ2) is 2.80. The maximum atomic E-state index is 2.35. The molecule has 0 nitrogen and oxygen atoms in total. The zero-order chi connectivity index (χ0) is 8.54. The topological polar surface area (TPSA) is 0 Å². The molecule has 0 aromatic heterocycles. The molecule has 2 aliphatic carbocycles. The van der Waals surface area contributed by atoms with Crippen molar-refractivity contribution in [1.29, 1.82) is 0 Å². The molecule has 2 rings (SSSR count). The van der Waals surface area contributed by atoms with Crippen molar-refractivity contribution in [2.24, 2.45) is 10.8 Å². The predicted octanol–water partition coefficient (Wildman–Crippen LogP) is 4.00. The minimum Gasteiger partial charge on any atom is -0.0649 e. The summed E-state index contributed by atoms with van der Waals surface area (Å²) in [5.41, 5.74) is 1.54. The van der Waals surface area contributed by atoms with Crippen LogP contribution in [-0.4, -0.2) is 0 Å². The molecule has 2 aliphatic rings. The smallest absolute Gasteiger partial charge is 0.0328 e. The van der Waals surface area contributed by atoms with Crippen LogP contribution in [0.4, 0.5) is 0 Å². The lowest BCUT2D eigenvalue weighted by molar-refractivity contribution is 0.551. The SMILES string of the molecule is CC1(C)CC1.CCC1(C)CC1. The van der Waals surface area contributed by atoms with Crippen LogP contribution in [0.5, 0.6) is 0 Å². The second-order valence-corrected chi connectivity index (χ2v) is 5.33. The van der Waals surface area contributed by atoms with Crippen LogP contribution in [0.2, 0.25) is 0 Å². The van der Waals surface area contributed by atoms with Crippen molar-refractivity contribution in [2.45, 2.75) is 59.8 Å². The molecule has 0 heterocycles. The van der Waals surface area contributed by atoms with Crippen molar-refractivity contribution >= 4 is 0 Å². The van der Waals surface area contributed by atoms with E-state index in [9.17, 15) is 0 Å². The van der Waals surface area contributed by atoms with Crippen molar-refractivity contribution in [3.63, 3.8) is 0 Å². The molecular weight excluding hydrogens is 132 g/mol. The number of hydrogen-bond acceptors (Lipinski definition) is 0. The Morgan fingerprint density at radius 2 is 1.27 bits per heavy atom. The van der Waals surface area contributed by atoms with E-state index in [-0.39, 0.29) is 0 Å². The monoisotopic (exact) mass is 154 g/mol. The van der Waals surface area contributed by atoms with Crippen LogP contribution in [0.25, 0.3) is 0 Å². The Bertz CT molecular complexity index is 123. The molecule has 0 saturated heterocycles. The minimum atomic E-state index is 0.750. The summed E-state index contributed by atoms with van der Waals surface area (Å²) >= 11 is 0. The predicted molar refractivity (Wildman–Crippen MR) is 50.6 cm³/mol. The summed E-state index contributed by atoms with van der Waals surface area (Å²) in [6.07, 6.45) is 7.24. The van der Waals surface area contributed by atoms with Crippen LogP contribution in [0.15, 0.2) is 0 Å². The van der Waals surface area contributed by atoms with Gasteiger partial charge in [-0.1, -0.05) is 34.1 Å². The van der Waals surface area contributed by atoms with E-state index in [2.05, 4.69) is 27.7 Å². The first kappa shape index (κ1) is 9.09. The quantitative estimate of drug-likeness (QED) is 0.535. The normalized spacial score (nSPS) is 28.4. The minimum absolute atomic E-state index is 0.750. The van der Waals surface area contributed by atoms with Crippen LogP contribution in [0.3, 0.4) is 0 Å². The van der Waals surface area contributed by atoms with E-state index < -0.39 is 0 Å². The van der Waals surface area contributed by atoms with Crippen molar-refractivity contribution < 1.29 is 0 Å². The fourth-order valence-corrected chi connectivity index (χ4v) is 0.817. The van der Waals surface area contributed by atoms with Crippen LogP contribution in [0, 0.1) is 10.8 Å². The van der Waals surface area contributed by atoms with Crippen molar-refractivity contribution in [3.05, 3.63) is 0 Å². The summed E-state index contributed by atoms with van der Waals surface area (Å²) in [6, 6.07) is 0. The first-order valence-electron chi connectivity index (χ1n) is 4.97. The maximum Gasteiger partial charge on any atom is -0.0328 e. The number of rotatable bonds is 1. The highest BCUT2D eigenvalue weighted by Crippen LogP contribution is 2.47. The Balaban J connectivity index is 0.000000112. The lowest BCUT2D eigenvalue weighted by Gasteiger charge is -1.96. The molecule has 0 aromatic carbocycles. The molecule has 0 atom stereocenters. The van der Waals surface area contributed by atoms with Crippen molar-refractivity contribution in [2.75, 3.05) is 0 Å². The number of hydrogen-bond donors (Lipinski definition) is 0. The second-order valence-electron chi connectivity index (χ2n) is 5.33. The van der Waals surface area contributed by atoms with Crippen molar-refractivity contribution in [1.82, 2.24) is 0 Å². The summed E-state index contributed by atoms with van der Waals surface area (Å²) in [7, 11) is 0. The average Bonchev–Trinajstić information content (AvgIpc) is 2.79. The fourth-order valence-electron chi connectivity index (χ4n) is 0.817. The van der Waals surface area contributed by atoms with E-state index in [0.717, 1.165) is 10.8 Å². The zero-order valence-electron chi connectivity index (χ0n) is 8.54. The highest BCUT2D eigenvalue weighted by atomic mass is 14.4. The van der Waals surface area contributed by atoms with Gasteiger partial charge in [0.2, 0.25) is 0 Å². The van der Waals surface area contributed by atoms with Gasteiger partial charge >= 0.3 is 0 Å². The molecule has 2 saturated carbocycles. The van der Waals surface area contributed by atoms with Gasteiger partial charge in [0.1, 0.15) is 0 Å². The van der Waals surface area contributed by atoms with Crippen LogP contribution >= 0.6 is 0 Å². The Kier molecular flexibility index (Phi) is 2.32. The van der Waals surface area contributed by atoms with Gasteiger partial charge in [-0.15, -0.1) is 0 Å². The van der Waals surface area contributed by atoms with Gasteiger partial charge in [-0.2, -0.15) is 0 Å². The van der Waals surface area contributed by atoms with Crippen molar-refractivity contribution in [3.8, 4) is 0 Å². The first-order chi connectivity index (χ1) is 4.97. The summed E-state index contributed by atoms with van der Waals surface area (Å²) in [5, 5.41) is 0. The third-order valence-corrected chi connectivity index (χ3v) is 3.21. The molecule has 0 aromatic rings. The molecule has 0 bridgehead atoms. The lowest BCUT2D eigenvalue weighted by Crippen LogP contribution is -1.84. The van der Waals surface area contributed by atoms with E-state index >= 15 is 0 Å². The van der Waals surface area contributed by atoms with E-state index in [1.54, 1.807) is 0 Å². The molecule has 66 valence electrons. The average molecular weight is 154 g/mol. The van der Waals surface area contributed by atoms with Gasteiger partial charge in [0.05, 0.1) is 0 Å². The molecule has 0 spiro atoms. The Morgan fingerprint density at radius 1 is 0.909 bits per heavy atom. The van der Waals surface area contributed by atoms with Gasteiger partial charge in [-0.25, -0.2) is 0 Å². The summed E-state index contributed by atoms with van der Waals surface area (Å²) in [6.45, 7) is 9.22. The Hall–Kier alpha value is 0. The third kappa shape index (κ3) is 3.79. The maximum absolute atomic E-state index is 2.35. The molecular formula is C11H22. The lowest BCUT2D eigenvalue weighted by atomic mass is 10.1. The fraction of sp³-hybridized carbons (Fsp3) is 1.00. The van der Waals surface area contributed by atoms with Gasteiger partial charge in [0, 0.05) is 0 Å². The van der Waals surface area contributed by atoms with Gasteiger partial charge < -0.3 is 0 Å². The summed E-state index contributed by atoms with van der Waals surface area (Å²) < 4.78 is 0. The standard InChI is InChI=1S/C6H12.C5H10/c1-3-6(2)4-5-6;1-5(2)3-4-5/h3-5H2,1-2H3;3-4H2,1-2H3. The van der Waals surface area contributed by atoms with E-state index in [4.69, 9.17) is 0 Å². The molecule has 2 fully saturated rings. The third-order valence-electron chi connectivity index (χ3n) is 3.21. The zero-order valence-corrected chi connectivity index (χ0v) is 8.54. The van der Waals surface area contributed by atoms with E-state index in [1.807, 2.05) is 0 Å². The van der Waals surface area contributed by atoms with E-state index in [0.29, 0.717) is 0 Å². The molecule has 0 aliphatic heterocycles. The molecule has 0 N–H and O–H groups in total. The van der Waals surface area contributed by atoms with Gasteiger partial charge in [-0.3, -0.25) is 0 Å². The highest BCUT2D eigenvalue weighted by molar-refractivity contribution is 4.86. The summed E-state index contributed by atoms with van der Waals surface area (Å²) in [4.78, 5) is 0. The molecule has 0 unspecified atom stereocenters. The Labute approximate surface area is 71.4 Å². The molecule has 0 heteroatoms. The molecule has 0 amide bonds. The first-order valence-corrected chi connectivity index (χ1v) is 4.97. The van der Waals surface area contributed by atoms with Gasteiger partial charge in [0.15, 0.2) is 0 Å². The van der Waals surface area contributed by atoms with Crippen LogP contribution < -0.4 is 0 Å². The van der Waals surface area contributed by atoms with Crippen LogP contribution in [-0.2, 0) is 0 Å². The molecule has 0 radical (unpaired) electrons. The van der Waals surface area contributed by atoms with Gasteiger partial charge in [0.25, 0.3) is 0 Å². The summed E-state index contributed by atoms with van der Waals surface area (Å²) in [5.74, 6) is 0. The Morgan fingerprint density at radius 3 is 1.27 bits per heavy atom. The largest absolute Gasteiger partial charge is 0.0649 e. The highest BCUT2D eigenvalue weighted by Gasteiger charge is 2.34.